The minimum Gasteiger partial charge on any atom is -0.474 e. The highest BCUT2D eigenvalue weighted by molar-refractivity contribution is 5.33. The summed E-state index contributed by atoms with van der Waals surface area (Å²) in [6, 6.07) is 0. The number of aromatic nitrogens is 2. The molecule has 0 saturated carbocycles. The van der Waals surface area contributed by atoms with Crippen molar-refractivity contribution in [3.8, 4) is 5.88 Å². The summed E-state index contributed by atoms with van der Waals surface area (Å²) in [5.41, 5.74) is 6.01. The van der Waals surface area contributed by atoms with Crippen LogP contribution in [0.25, 0.3) is 0 Å². The number of nitrogens with two attached hydrogens (primary N) is 1. The first-order valence-corrected chi connectivity index (χ1v) is 6.98. The van der Waals surface area contributed by atoms with Crippen LogP contribution in [0.1, 0.15) is 40.5 Å². The first-order chi connectivity index (χ1) is 9.05. The van der Waals surface area contributed by atoms with Crippen molar-refractivity contribution < 1.29 is 4.74 Å². The van der Waals surface area contributed by atoms with Crippen molar-refractivity contribution >= 4 is 5.82 Å². The molecule has 0 aromatic carbocycles. The largest absolute Gasteiger partial charge is 0.474 e. The molecule has 1 heterocycles. The predicted octanol–water partition coefficient (Wildman–Crippen LogP) is 2.44. The average molecular weight is 266 g/mol. The molecule has 0 aliphatic rings. The standard InChI is InChI=1S/C14H26N4O/c1-5-14(6-2,9-15)10-17-12-7-16-8-13(18-12)19-11(3)4/h7-8,11H,5-6,9-10,15H2,1-4H3,(H,17,18). The quantitative estimate of drug-likeness (QED) is 0.756. The van der Waals surface area contributed by atoms with Gasteiger partial charge in [-0.2, -0.15) is 4.98 Å². The molecule has 0 aliphatic heterocycles. The molecule has 0 unspecified atom stereocenters. The SMILES string of the molecule is CCC(CC)(CN)CNc1cncc(OC(C)C)n1. The van der Waals surface area contributed by atoms with E-state index in [-0.39, 0.29) is 11.5 Å². The van der Waals surface area contributed by atoms with Crippen molar-refractivity contribution in [2.24, 2.45) is 11.1 Å². The molecule has 19 heavy (non-hydrogen) atoms. The van der Waals surface area contributed by atoms with E-state index in [4.69, 9.17) is 10.5 Å². The summed E-state index contributed by atoms with van der Waals surface area (Å²) in [5, 5.41) is 3.32. The Kier molecular flexibility index (Phi) is 6.02. The van der Waals surface area contributed by atoms with Crippen molar-refractivity contribution in [3.05, 3.63) is 12.4 Å². The number of nitrogens with zero attached hydrogens (tertiary/aromatic N) is 2. The van der Waals surface area contributed by atoms with Crippen molar-refractivity contribution in [1.82, 2.24) is 9.97 Å². The van der Waals surface area contributed by atoms with E-state index in [1.165, 1.54) is 0 Å². The molecule has 108 valence electrons. The Hall–Kier alpha value is -1.36. The highest BCUT2D eigenvalue weighted by atomic mass is 16.5. The lowest BCUT2D eigenvalue weighted by Crippen LogP contribution is -2.36. The molecule has 5 heteroatoms. The van der Waals surface area contributed by atoms with Gasteiger partial charge in [-0.05, 0) is 38.6 Å². The van der Waals surface area contributed by atoms with Crippen LogP contribution in [-0.4, -0.2) is 29.2 Å². The number of hydrogen-bond donors (Lipinski definition) is 2. The molecule has 0 atom stereocenters. The maximum Gasteiger partial charge on any atom is 0.234 e. The van der Waals surface area contributed by atoms with Crippen LogP contribution in [-0.2, 0) is 0 Å². The fraction of sp³-hybridized carbons (Fsp3) is 0.714. The molecular formula is C14H26N4O. The second kappa shape index (κ2) is 7.28. The van der Waals surface area contributed by atoms with Gasteiger partial charge in [-0.1, -0.05) is 13.8 Å². The zero-order valence-electron chi connectivity index (χ0n) is 12.4. The lowest BCUT2D eigenvalue weighted by atomic mass is 9.82. The first kappa shape index (κ1) is 15.7. The van der Waals surface area contributed by atoms with Crippen molar-refractivity contribution in [2.45, 2.75) is 46.6 Å². The second-order valence-corrected chi connectivity index (χ2v) is 5.17. The van der Waals surface area contributed by atoms with Crippen LogP contribution < -0.4 is 15.8 Å². The van der Waals surface area contributed by atoms with Crippen LogP contribution >= 0.6 is 0 Å². The summed E-state index contributed by atoms with van der Waals surface area (Å²) in [4.78, 5) is 8.52. The van der Waals surface area contributed by atoms with Gasteiger partial charge in [0.2, 0.25) is 5.88 Å². The van der Waals surface area contributed by atoms with Crippen molar-refractivity contribution in [2.75, 3.05) is 18.4 Å². The third kappa shape index (κ3) is 4.67. The topological polar surface area (TPSA) is 73.1 Å². The maximum absolute atomic E-state index is 5.89. The van der Waals surface area contributed by atoms with Crippen LogP contribution in [0.15, 0.2) is 12.4 Å². The Labute approximate surface area is 116 Å². The Bertz CT molecular complexity index is 369. The summed E-state index contributed by atoms with van der Waals surface area (Å²) in [5.74, 6) is 1.28. The molecule has 1 aromatic heterocycles. The van der Waals surface area contributed by atoms with E-state index in [0.29, 0.717) is 12.4 Å². The summed E-state index contributed by atoms with van der Waals surface area (Å²) in [6.45, 7) is 9.74. The van der Waals surface area contributed by atoms with Crippen LogP contribution in [0.2, 0.25) is 0 Å². The monoisotopic (exact) mass is 266 g/mol. The molecule has 0 fully saturated rings. The molecule has 5 nitrogen and oxygen atoms in total. The van der Waals surface area contributed by atoms with Crippen LogP contribution in [0, 0.1) is 5.41 Å². The van der Waals surface area contributed by atoms with Gasteiger partial charge in [-0.3, -0.25) is 4.98 Å². The van der Waals surface area contributed by atoms with Gasteiger partial charge in [0.05, 0.1) is 18.5 Å². The molecule has 1 rings (SSSR count). The Balaban J connectivity index is 2.66. The average Bonchev–Trinajstić information content (AvgIpc) is 2.41. The van der Waals surface area contributed by atoms with Gasteiger partial charge in [-0.25, -0.2) is 0 Å². The van der Waals surface area contributed by atoms with Gasteiger partial charge in [0.25, 0.3) is 0 Å². The zero-order chi connectivity index (χ0) is 14.3. The van der Waals surface area contributed by atoms with E-state index in [0.717, 1.165) is 25.2 Å². The van der Waals surface area contributed by atoms with E-state index in [1.807, 2.05) is 13.8 Å². The number of nitrogens with one attached hydrogen (secondary N) is 1. The molecule has 0 spiro atoms. The minimum absolute atomic E-state index is 0.0963. The molecule has 1 aromatic rings. The molecular weight excluding hydrogens is 240 g/mol. The fourth-order valence-corrected chi connectivity index (χ4v) is 1.87. The minimum atomic E-state index is 0.0963. The molecule has 0 radical (unpaired) electrons. The van der Waals surface area contributed by atoms with Gasteiger partial charge >= 0.3 is 0 Å². The molecule has 0 saturated heterocycles. The highest BCUT2D eigenvalue weighted by Crippen LogP contribution is 2.25. The van der Waals surface area contributed by atoms with Crippen LogP contribution in [0.4, 0.5) is 5.82 Å². The maximum atomic E-state index is 5.89. The number of rotatable bonds is 8. The van der Waals surface area contributed by atoms with Gasteiger partial charge in [0, 0.05) is 6.54 Å². The number of ether oxygens (including phenoxy) is 1. The Morgan fingerprint density at radius 1 is 1.32 bits per heavy atom. The third-order valence-electron chi connectivity index (χ3n) is 3.55. The van der Waals surface area contributed by atoms with Gasteiger partial charge in [0.1, 0.15) is 5.82 Å². The van der Waals surface area contributed by atoms with Crippen LogP contribution in [0.5, 0.6) is 5.88 Å². The van der Waals surface area contributed by atoms with Crippen LogP contribution in [0.3, 0.4) is 0 Å². The lowest BCUT2D eigenvalue weighted by molar-refractivity contribution is 0.231. The zero-order valence-corrected chi connectivity index (χ0v) is 12.4. The van der Waals surface area contributed by atoms with E-state index < -0.39 is 0 Å². The van der Waals surface area contributed by atoms with Gasteiger partial charge < -0.3 is 15.8 Å². The van der Waals surface area contributed by atoms with E-state index in [9.17, 15) is 0 Å². The molecule has 0 aliphatic carbocycles. The highest BCUT2D eigenvalue weighted by Gasteiger charge is 2.24. The summed E-state index contributed by atoms with van der Waals surface area (Å²) >= 11 is 0. The number of anilines is 1. The third-order valence-corrected chi connectivity index (χ3v) is 3.55. The predicted molar refractivity (Wildman–Crippen MR) is 78.4 cm³/mol. The first-order valence-electron chi connectivity index (χ1n) is 6.98. The molecule has 3 N–H and O–H groups in total. The van der Waals surface area contributed by atoms with Crippen molar-refractivity contribution in [1.29, 1.82) is 0 Å². The molecule has 0 amide bonds. The normalized spacial score (nSPS) is 11.7. The summed E-state index contributed by atoms with van der Waals surface area (Å²) < 4.78 is 5.53. The molecule has 0 bridgehead atoms. The van der Waals surface area contributed by atoms with Crippen molar-refractivity contribution in [3.63, 3.8) is 0 Å². The van der Waals surface area contributed by atoms with E-state index in [1.54, 1.807) is 12.4 Å². The van der Waals surface area contributed by atoms with E-state index >= 15 is 0 Å². The smallest absolute Gasteiger partial charge is 0.234 e. The Morgan fingerprint density at radius 3 is 2.53 bits per heavy atom. The Morgan fingerprint density at radius 2 is 2.00 bits per heavy atom. The van der Waals surface area contributed by atoms with E-state index in [2.05, 4.69) is 29.1 Å². The summed E-state index contributed by atoms with van der Waals surface area (Å²) in [7, 11) is 0. The fourth-order valence-electron chi connectivity index (χ4n) is 1.87. The lowest BCUT2D eigenvalue weighted by Gasteiger charge is -2.30. The summed E-state index contributed by atoms with van der Waals surface area (Å²) in [6.07, 6.45) is 5.52. The second-order valence-electron chi connectivity index (χ2n) is 5.17. The number of hydrogen-bond acceptors (Lipinski definition) is 5. The van der Waals surface area contributed by atoms with Gasteiger partial charge in [0.15, 0.2) is 0 Å². The van der Waals surface area contributed by atoms with Gasteiger partial charge in [-0.15, -0.1) is 0 Å².